The molecule has 0 heterocycles. The van der Waals surface area contributed by atoms with Gasteiger partial charge >= 0.3 is 5.97 Å². The molecule has 0 aromatic carbocycles. The number of halogens is 1. The second-order valence-electron chi connectivity index (χ2n) is 4.23. The van der Waals surface area contributed by atoms with Gasteiger partial charge in [0.1, 0.15) is 0 Å². The summed E-state index contributed by atoms with van der Waals surface area (Å²) in [6, 6.07) is 0. The van der Waals surface area contributed by atoms with Crippen LogP contribution in [-0.2, 0) is 9.53 Å². The second kappa shape index (κ2) is 7.27. The lowest BCUT2D eigenvalue weighted by Crippen LogP contribution is -2.25. The molecule has 84 valence electrons. The predicted octanol–water partition coefficient (Wildman–Crippen LogP) is 3.53. The van der Waals surface area contributed by atoms with E-state index in [1.165, 1.54) is 26.4 Å². The van der Waals surface area contributed by atoms with Crippen LogP contribution in [0, 0.1) is 5.41 Å². The van der Waals surface area contributed by atoms with Crippen molar-refractivity contribution in [2.45, 2.75) is 46.0 Å². The van der Waals surface area contributed by atoms with Crippen LogP contribution in [0.4, 0.5) is 0 Å². The van der Waals surface area contributed by atoms with Crippen molar-refractivity contribution in [3.8, 4) is 0 Å². The molecular weight excluding hydrogens is 244 g/mol. The minimum atomic E-state index is -0.316. The number of hydrogen-bond acceptors (Lipinski definition) is 2. The minimum absolute atomic E-state index is 0.0991. The summed E-state index contributed by atoms with van der Waals surface area (Å²) in [7, 11) is 1.45. The van der Waals surface area contributed by atoms with Crippen LogP contribution in [0.2, 0.25) is 0 Å². The fourth-order valence-corrected chi connectivity index (χ4v) is 1.79. The first-order valence-electron chi connectivity index (χ1n) is 5.19. The number of unbranched alkanes of at least 4 members (excludes halogenated alkanes) is 3. The number of carbonyl (C=O) groups excluding carboxylic acids is 1. The molecular formula is C11H21BrO2. The number of ether oxygens (including phenoxy) is 1. The molecule has 0 radical (unpaired) electrons. The first-order valence-corrected chi connectivity index (χ1v) is 6.31. The van der Waals surface area contributed by atoms with Gasteiger partial charge in [0.15, 0.2) is 0 Å². The summed E-state index contributed by atoms with van der Waals surface area (Å²) in [6.07, 6.45) is 5.68. The summed E-state index contributed by atoms with van der Waals surface area (Å²) in [4.78, 5) is 11.3. The Kier molecular flexibility index (Phi) is 7.24. The number of hydrogen-bond donors (Lipinski definition) is 0. The molecule has 2 nitrogen and oxygen atoms in total. The zero-order valence-corrected chi connectivity index (χ0v) is 11.0. The van der Waals surface area contributed by atoms with Crippen molar-refractivity contribution in [3.05, 3.63) is 0 Å². The lowest BCUT2D eigenvalue weighted by molar-refractivity contribution is -0.151. The smallest absolute Gasteiger partial charge is 0.311 e. The van der Waals surface area contributed by atoms with E-state index >= 15 is 0 Å². The predicted molar refractivity (Wildman–Crippen MR) is 62.7 cm³/mol. The molecule has 0 saturated heterocycles. The first-order chi connectivity index (χ1) is 6.54. The van der Waals surface area contributed by atoms with Gasteiger partial charge in [-0.15, -0.1) is 0 Å². The summed E-state index contributed by atoms with van der Waals surface area (Å²) in [5.41, 5.74) is -0.316. The van der Waals surface area contributed by atoms with Crippen LogP contribution >= 0.6 is 15.9 Å². The quantitative estimate of drug-likeness (QED) is 0.400. The highest BCUT2D eigenvalue weighted by molar-refractivity contribution is 9.09. The molecule has 0 aliphatic rings. The standard InChI is InChI=1S/C11H21BrO2/c1-11(2,10(13)14-3)8-6-4-5-7-9-12/h4-9H2,1-3H3. The van der Waals surface area contributed by atoms with E-state index in [1.807, 2.05) is 13.8 Å². The van der Waals surface area contributed by atoms with Crippen molar-refractivity contribution >= 4 is 21.9 Å². The Hall–Kier alpha value is -0.0500. The Labute approximate surface area is 95.5 Å². The van der Waals surface area contributed by atoms with E-state index < -0.39 is 0 Å². The lowest BCUT2D eigenvalue weighted by Gasteiger charge is -2.20. The van der Waals surface area contributed by atoms with Gasteiger partial charge in [-0.2, -0.15) is 0 Å². The highest BCUT2D eigenvalue weighted by Crippen LogP contribution is 2.25. The molecule has 0 rings (SSSR count). The summed E-state index contributed by atoms with van der Waals surface area (Å²) < 4.78 is 4.75. The third-order valence-electron chi connectivity index (χ3n) is 2.42. The normalized spacial score (nSPS) is 11.4. The molecule has 3 heteroatoms. The number of carbonyl (C=O) groups is 1. The zero-order valence-electron chi connectivity index (χ0n) is 9.44. The SMILES string of the molecule is COC(=O)C(C)(C)CCCCCCBr. The summed E-state index contributed by atoms with van der Waals surface area (Å²) in [6.45, 7) is 3.90. The number of methoxy groups -OCH3 is 1. The van der Waals surface area contributed by atoms with Crippen molar-refractivity contribution in [3.63, 3.8) is 0 Å². The Morgan fingerprint density at radius 3 is 2.29 bits per heavy atom. The molecule has 0 aliphatic heterocycles. The van der Waals surface area contributed by atoms with E-state index in [2.05, 4.69) is 15.9 Å². The molecule has 0 aromatic rings. The molecule has 0 spiro atoms. The van der Waals surface area contributed by atoms with Gasteiger partial charge in [-0.25, -0.2) is 0 Å². The molecule has 0 saturated carbocycles. The Balaban J connectivity index is 3.60. The van der Waals surface area contributed by atoms with Crippen molar-refractivity contribution in [1.29, 1.82) is 0 Å². The van der Waals surface area contributed by atoms with Crippen LogP contribution in [0.3, 0.4) is 0 Å². The summed E-state index contributed by atoms with van der Waals surface area (Å²) in [5, 5.41) is 1.08. The van der Waals surface area contributed by atoms with Crippen molar-refractivity contribution in [2.75, 3.05) is 12.4 Å². The molecule has 0 fully saturated rings. The van der Waals surface area contributed by atoms with Gasteiger partial charge in [0, 0.05) is 5.33 Å². The Bertz CT molecular complexity index is 167. The highest BCUT2D eigenvalue weighted by Gasteiger charge is 2.27. The molecule has 0 unspecified atom stereocenters. The van der Waals surface area contributed by atoms with Gasteiger partial charge in [0.05, 0.1) is 12.5 Å². The van der Waals surface area contributed by atoms with Crippen molar-refractivity contribution in [2.24, 2.45) is 5.41 Å². The molecule has 0 aromatic heterocycles. The molecule has 0 N–H and O–H groups in total. The molecule has 0 atom stereocenters. The fraction of sp³-hybridized carbons (Fsp3) is 0.909. The zero-order chi connectivity index (χ0) is 11.0. The highest BCUT2D eigenvalue weighted by atomic mass is 79.9. The average Bonchev–Trinajstić information content (AvgIpc) is 2.16. The number of esters is 1. The largest absolute Gasteiger partial charge is 0.469 e. The van der Waals surface area contributed by atoms with E-state index in [0.29, 0.717) is 0 Å². The summed E-state index contributed by atoms with van der Waals surface area (Å²) in [5.74, 6) is -0.0991. The molecule has 0 aliphatic carbocycles. The van der Waals surface area contributed by atoms with Gasteiger partial charge in [-0.1, -0.05) is 35.2 Å². The van der Waals surface area contributed by atoms with Crippen LogP contribution in [0.1, 0.15) is 46.0 Å². The van der Waals surface area contributed by atoms with Gasteiger partial charge in [0.2, 0.25) is 0 Å². The second-order valence-corrected chi connectivity index (χ2v) is 5.02. The van der Waals surface area contributed by atoms with Crippen LogP contribution in [0.5, 0.6) is 0 Å². The molecule has 0 amide bonds. The Morgan fingerprint density at radius 2 is 1.79 bits per heavy atom. The minimum Gasteiger partial charge on any atom is -0.469 e. The van der Waals surface area contributed by atoms with Crippen molar-refractivity contribution in [1.82, 2.24) is 0 Å². The van der Waals surface area contributed by atoms with Gasteiger partial charge in [0.25, 0.3) is 0 Å². The maximum absolute atomic E-state index is 11.3. The third-order valence-corrected chi connectivity index (χ3v) is 2.98. The molecule has 14 heavy (non-hydrogen) atoms. The van der Waals surface area contributed by atoms with Gasteiger partial charge in [-0.05, 0) is 26.7 Å². The van der Waals surface area contributed by atoms with E-state index in [0.717, 1.165) is 18.2 Å². The van der Waals surface area contributed by atoms with Crippen LogP contribution in [0.25, 0.3) is 0 Å². The fourth-order valence-electron chi connectivity index (χ4n) is 1.39. The topological polar surface area (TPSA) is 26.3 Å². The van der Waals surface area contributed by atoms with Gasteiger partial charge < -0.3 is 4.74 Å². The first kappa shape index (κ1) is 13.9. The molecule has 0 bridgehead atoms. The van der Waals surface area contributed by atoms with Gasteiger partial charge in [-0.3, -0.25) is 4.79 Å². The lowest BCUT2D eigenvalue weighted by atomic mass is 9.87. The van der Waals surface area contributed by atoms with E-state index in [9.17, 15) is 4.79 Å². The van der Waals surface area contributed by atoms with Crippen LogP contribution < -0.4 is 0 Å². The van der Waals surface area contributed by atoms with E-state index in [-0.39, 0.29) is 11.4 Å². The number of rotatable bonds is 7. The number of alkyl halides is 1. The third kappa shape index (κ3) is 5.63. The average molecular weight is 265 g/mol. The van der Waals surface area contributed by atoms with Crippen LogP contribution in [0.15, 0.2) is 0 Å². The Morgan fingerprint density at radius 1 is 1.21 bits per heavy atom. The summed E-state index contributed by atoms with van der Waals surface area (Å²) >= 11 is 3.40. The maximum atomic E-state index is 11.3. The van der Waals surface area contributed by atoms with E-state index in [1.54, 1.807) is 0 Å². The van der Waals surface area contributed by atoms with Crippen molar-refractivity contribution < 1.29 is 9.53 Å². The van der Waals surface area contributed by atoms with Crippen LogP contribution in [-0.4, -0.2) is 18.4 Å². The maximum Gasteiger partial charge on any atom is 0.311 e. The van der Waals surface area contributed by atoms with E-state index in [4.69, 9.17) is 4.74 Å². The monoisotopic (exact) mass is 264 g/mol.